The van der Waals surface area contributed by atoms with Gasteiger partial charge in [0.2, 0.25) is 22.8 Å². The first-order chi connectivity index (χ1) is 11.5. The highest BCUT2D eigenvalue weighted by Gasteiger charge is 2.27. The van der Waals surface area contributed by atoms with Crippen molar-refractivity contribution in [3.63, 3.8) is 0 Å². The number of hydrogen-bond acceptors (Lipinski definition) is 8. The lowest BCUT2D eigenvalue weighted by molar-refractivity contribution is -0.129. The summed E-state index contributed by atoms with van der Waals surface area (Å²) in [5, 5.41) is 20.1. The van der Waals surface area contributed by atoms with Gasteiger partial charge in [-0.05, 0) is 23.3 Å². The predicted octanol–water partition coefficient (Wildman–Crippen LogP) is 1.21. The van der Waals surface area contributed by atoms with Gasteiger partial charge in [0.1, 0.15) is 0 Å². The van der Waals surface area contributed by atoms with Gasteiger partial charge < -0.3 is 9.32 Å². The number of likely N-dealkylation sites (tertiary alicyclic amines) is 1. The van der Waals surface area contributed by atoms with Crippen LogP contribution in [0.15, 0.2) is 9.57 Å². The molecule has 1 aliphatic rings. The van der Waals surface area contributed by atoms with E-state index in [1.807, 2.05) is 18.7 Å². The Bertz CT molecular complexity index is 691. The van der Waals surface area contributed by atoms with Crippen LogP contribution in [0.4, 0.5) is 0 Å². The Kier molecular flexibility index (Phi) is 5.12. The van der Waals surface area contributed by atoms with Gasteiger partial charge in [-0.25, -0.2) is 4.68 Å². The van der Waals surface area contributed by atoms with E-state index in [0.29, 0.717) is 35.8 Å². The van der Waals surface area contributed by atoms with Crippen LogP contribution >= 0.6 is 11.8 Å². The summed E-state index contributed by atoms with van der Waals surface area (Å²) in [5.41, 5.74) is 0. The molecule has 130 valence electrons. The maximum atomic E-state index is 12.3. The highest BCUT2D eigenvalue weighted by molar-refractivity contribution is 7.99. The summed E-state index contributed by atoms with van der Waals surface area (Å²) in [6, 6.07) is 0. The Morgan fingerprint density at radius 1 is 1.29 bits per heavy atom. The molecule has 1 aliphatic heterocycles. The number of nitrogens with zero attached hydrogens (tertiary/aromatic N) is 7. The number of hydrogen-bond donors (Lipinski definition) is 0. The van der Waals surface area contributed by atoms with E-state index >= 15 is 0 Å². The van der Waals surface area contributed by atoms with Crippen molar-refractivity contribution in [1.29, 1.82) is 0 Å². The summed E-state index contributed by atoms with van der Waals surface area (Å²) in [4.78, 5) is 14.2. The summed E-state index contributed by atoms with van der Waals surface area (Å²) < 4.78 is 7.30. The Morgan fingerprint density at radius 2 is 2.04 bits per heavy atom. The molecule has 0 radical (unpaired) electrons. The van der Waals surface area contributed by atoms with Gasteiger partial charge in [-0.15, -0.1) is 15.3 Å². The smallest absolute Gasteiger partial charge is 0.233 e. The van der Waals surface area contributed by atoms with Gasteiger partial charge in [0, 0.05) is 32.0 Å². The molecule has 0 aromatic carbocycles. The lowest BCUT2D eigenvalue weighted by atomic mass is 9.97. The van der Waals surface area contributed by atoms with E-state index in [-0.39, 0.29) is 17.7 Å². The molecule has 0 N–H and O–H groups in total. The topological polar surface area (TPSA) is 103 Å². The molecule has 10 heteroatoms. The third-order valence-corrected chi connectivity index (χ3v) is 5.05. The fraction of sp³-hybridized carbons (Fsp3) is 0.714. The number of aromatic nitrogens is 6. The molecule has 24 heavy (non-hydrogen) atoms. The number of tetrazole rings is 1. The Morgan fingerprint density at radius 3 is 2.62 bits per heavy atom. The van der Waals surface area contributed by atoms with E-state index in [4.69, 9.17) is 4.42 Å². The fourth-order valence-electron chi connectivity index (χ4n) is 2.58. The maximum Gasteiger partial charge on any atom is 0.233 e. The van der Waals surface area contributed by atoms with Crippen molar-refractivity contribution in [2.24, 2.45) is 7.05 Å². The number of aryl methyl sites for hydroxylation is 1. The minimum Gasteiger partial charge on any atom is -0.425 e. The molecule has 2 aromatic heterocycles. The highest BCUT2D eigenvalue weighted by Crippen LogP contribution is 2.28. The van der Waals surface area contributed by atoms with E-state index in [0.717, 1.165) is 12.8 Å². The average Bonchev–Trinajstić information content (AvgIpc) is 3.22. The zero-order chi connectivity index (χ0) is 17.1. The van der Waals surface area contributed by atoms with Crippen molar-refractivity contribution in [1.82, 2.24) is 35.3 Å². The standard InChI is InChI=1S/C14H21N7O2S/c1-9(2)12-15-16-13(23-12)10-4-6-21(7-5-10)11(22)8-24-14-17-18-19-20(14)3/h9-10H,4-8H2,1-3H3. The van der Waals surface area contributed by atoms with E-state index in [1.165, 1.54) is 11.8 Å². The van der Waals surface area contributed by atoms with Gasteiger partial charge in [0.25, 0.3) is 0 Å². The third-order valence-electron chi connectivity index (χ3n) is 4.05. The van der Waals surface area contributed by atoms with Gasteiger partial charge in [0.05, 0.1) is 5.75 Å². The molecule has 3 rings (SSSR count). The molecule has 0 saturated carbocycles. The third kappa shape index (κ3) is 3.74. The quantitative estimate of drug-likeness (QED) is 0.741. The van der Waals surface area contributed by atoms with Crippen LogP contribution in [-0.2, 0) is 11.8 Å². The second-order valence-electron chi connectivity index (χ2n) is 6.16. The van der Waals surface area contributed by atoms with Gasteiger partial charge in [-0.2, -0.15) is 0 Å². The van der Waals surface area contributed by atoms with Crippen LogP contribution in [0.1, 0.15) is 50.3 Å². The zero-order valence-electron chi connectivity index (χ0n) is 14.0. The molecule has 0 unspecified atom stereocenters. The molecule has 1 saturated heterocycles. The number of carbonyl (C=O) groups is 1. The monoisotopic (exact) mass is 351 g/mol. The lowest BCUT2D eigenvalue weighted by Crippen LogP contribution is -2.39. The van der Waals surface area contributed by atoms with Crippen molar-refractivity contribution in [3.8, 4) is 0 Å². The van der Waals surface area contributed by atoms with Crippen molar-refractivity contribution >= 4 is 17.7 Å². The van der Waals surface area contributed by atoms with Crippen LogP contribution in [0.3, 0.4) is 0 Å². The summed E-state index contributed by atoms with van der Waals surface area (Å²) in [6.45, 7) is 5.48. The number of piperidine rings is 1. The van der Waals surface area contributed by atoms with Crippen LogP contribution in [0, 0.1) is 0 Å². The molecule has 0 spiro atoms. The van der Waals surface area contributed by atoms with E-state index in [1.54, 1.807) is 11.7 Å². The zero-order valence-corrected chi connectivity index (χ0v) is 14.9. The largest absolute Gasteiger partial charge is 0.425 e. The van der Waals surface area contributed by atoms with Crippen molar-refractivity contribution in [2.45, 2.75) is 43.7 Å². The first-order valence-electron chi connectivity index (χ1n) is 8.00. The van der Waals surface area contributed by atoms with Gasteiger partial charge in [-0.3, -0.25) is 4.79 Å². The molecular formula is C14H21N7O2S. The molecular weight excluding hydrogens is 330 g/mol. The van der Waals surface area contributed by atoms with E-state index < -0.39 is 0 Å². The summed E-state index contributed by atoms with van der Waals surface area (Å²) in [5.74, 6) is 2.30. The lowest BCUT2D eigenvalue weighted by Gasteiger charge is -2.30. The predicted molar refractivity (Wildman–Crippen MR) is 86.5 cm³/mol. The SMILES string of the molecule is CC(C)c1nnc(C2CCN(C(=O)CSc3nnnn3C)CC2)o1. The summed E-state index contributed by atoms with van der Waals surface area (Å²) >= 11 is 1.35. The fourth-order valence-corrected chi connectivity index (χ4v) is 3.33. The van der Waals surface area contributed by atoms with Crippen LogP contribution < -0.4 is 0 Å². The molecule has 0 bridgehead atoms. The average molecular weight is 351 g/mol. The van der Waals surface area contributed by atoms with Crippen LogP contribution in [0.25, 0.3) is 0 Å². The second-order valence-corrected chi connectivity index (χ2v) is 7.10. The Hall–Kier alpha value is -1.97. The molecule has 2 aromatic rings. The van der Waals surface area contributed by atoms with Crippen LogP contribution in [0.5, 0.6) is 0 Å². The second kappa shape index (κ2) is 7.29. The van der Waals surface area contributed by atoms with E-state index in [9.17, 15) is 4.79 Å². The molecule has 0 atom stereocenters. The van der Waals surface area contributed by atoms with Gasteiger partial charge >= 0.3 is 0 Å². The molecule has 9 nitrogen and oxygen atoms in total. The van der Waals surface area contributed by atoms with E-state index in [2.05, 4.69) is 25.7 Å². The number of carbonyl (C=O) groups excluding carboxylic acids is 1. The number of amides is 1. The number of rotatable bonds is 5. The molecule has 1 fully saturated rings. The first kappa shape index (κ1) is 16.9. The Balaban J connectivity index is 1.49. The van der Waals surface area contributed by atoms with Crippen molar-refractivity contribution in [2.75, 3.05) is 18.8 Å². The molecule has 1 amide bonds. The van der Waals surface area contributed by atoms with Gasteiger partial charge in [-0.1, -0.05) is 25.6 Å². The van der Waals surface area contributed by atoms with Crippen LogP contribution in [-0.4, -0.2) is 60.1 Å². The maximum absolute atomic E-state index is 12.3. The summed E-state index contributed by atoms with van der Waals surface area (Å²) in [6.07, 6.45) is 1.70. The first-order valence-corrected chi connectivity index (χ1v) is 8.99. The minimum absolute atomic E-state index is 0.106. The molecule has 3 heterocycles. The van der Waals surface area contributed by atoms with Crippen LogP contribution in [0.2, 0.25) is 0 Å². The Labute approximate surface area is 144 Å². The normalized spacial score (nSPS) is 16.1. The summed E-state index contributed by atoms with van der Waals surface area (Å²) in [7, 11) is 1.76. The minimum atomic E-state index is 0.106. The van der Waals surface area contributed by atoms with Crippen molar-refractivity contribution in [3.05, 3.63) is 11.8 Å². The number of thioether (sulfide) groups is 1. The van der Waals surface area contributed by atoms with Gasteiger partial charge in [0.15, 0.2) is 0 Å². The highest BCUT2D eigenvalue weighted by atomic mass is 32.2. The molecule has 0 aliphatic carbocycles. The van der Waals surface area contributed by atoms with Crippen molar-refractivity contribution < 1.29 is 9.21 Å².